The summed E-state index contributed by atoms with van der Waals surface area (Å²) in [5.74, 6) is 0.893. The Morgan fingerprint density at radius 2 is 1.92 bits per heavy atom. The molecule has 0 aliphatic carbocycles. The summed E-state index contributed by atoms with van der Waals surface area (Å²) < 4.78 is 11.2. The first-order valence-corrected chi connectivity index (χ1v) is 9.37. The molecule has 2 aromatic carbocycles. The number of hydrogen-bond donors (Lipinski definition) is 0. The average molecular weight is 353 g/mol. The molecule has 26 heavy (non-hydrogen) atoms. The molecule has 1 aliphatic heterocycles. The lowest BCUT2D eigenvalue weighted by Crippen LogP contribution is -2.39. The van der Waals surface area contributed by atoms with Gasteiger partial charge in [-0.1, -0.05) is 30.3 Å². The van der Waals surface area contributed by atoms with Crippen molar-refractivity contribution in [1.82, 2.24) is 4.90 Å². The van der Waals surface area contributed by atoms with Crippen LogP contribution in [0.3, 0.4) is 0 Å². The van der Waals surface area contributed by atoms with Crippen LogP contribution in [0.2, 0.25) is 0 Å². The third-order valence-electron chi connectivity index (χ3n) is 4.92. The monoisotopic (exact) mass is 353 g/mol. The average Bonchev–Trinajstić information content (AvgIpc) is 2.72. The number of para-hydroxylation sites is 1. The molecule has 138 valence electrons. The van der Waals surface area contributed by atoms with Crippen LogP contribution in [0.4, 0.5) is 0 Å². The van der Waals surface area contributed by atoms with E-state index >= 15 is 0 Å². The molecule has 1 atom stereocenters. The number of benzene rings is 2. The lowest BCUT2D eigenvalue weighted by Gasteiger charge is -2.29. The van der Waals surface area contributed by atoms with Crippen LogP contribution in [0.5, 0.6) is 5.75 Å². The Kier molecular flexibility index (Phi) is 6.29. The van der Waals surface area contributed by atoms with Crippen molar-refractivity contribution in [3.8, 4) is 16.9 Å². The maximum atomic E-state index is 12.9. The maximum Gasteiger partial charge on any atom is 0.253 e. The molecule has 1 fully saturated rings. The first kappa shape index (κ1) is 18.5. The fourth-order valence-corrected chi connectivity index (χ4v) is 3.41. The zero-order chi connectivity index (χ0) is 18.4. The van der Waals surface area contributed by atoms with Gasteiger partial charge in [-0.3, -0.25) is 4.79 Å². The van der Waals surface area contributed by atoms with Gasteiger partial charge in [-0.15, -0.1) is 0 Å². The van der Waals surface area contributed by atoms with Gasteiger partial charge in [0.1, 0.15) is 5.75 Å². The first-order valence-electron chi connectivity index (χ1n) is 9.37. The van der Waals surface area contributed by atoms with Gasteiger partial charge in [-0.05, 0) is 49.9 Å². The number of carbonyl (C=O) groups excluding carboxylic acids is 1. The van der Waals surface area contributed by atoms with E-state index in [9.17, 15) is 4.79 Å². The van der Waals surface area contributed by atoms with Crippen molar-refractivity contribution in [2.45, 2.75) is 32.3 Å². The molecule has 1 unspecified atom stereocenters. The SMILES string of the molecule is CCN(CC1CCCCO1)C(=O)c1ccc(-c2ccccc2OC)cc1. The van der Waals surface area contributed by atoms with Crippen LogP contribution in [0, 0.1) is 0 Å². The molecule has 1 heterocycles. The minimum Gasteiger partial charge on any atom is -0.496 e. The summed E-state index contributed by atoms with van der Waals surface area (Å²) in [5.41, 5.74) is 2.77. The van der Waals surface area contributed by atoms with E-state index in [1.165, 1.54) is 6.42 Å². The van der Waals surface area contributed by atoms with Crippen LogP contribution in [0.1, 0.15) is 36.5 Å². The molecule has 2 aromatic rings. The summed E-state index contributed by atoms with van der Waals surface area (Å²) in [6, 6.07) is 15.7. The normalized spacial score (nSPS) is 16.9. The van der Waals surface area contributed by atoms with E-state index in [-0.39, 0.29) is 12.0 Å². The first-order chi connectivity index (χ1) is 12.7. The van der Waals surface area contributed by atoms with Crippen molar-refractivity contribution in [2.24, 2.45) is 0 Å². The van der Waals surface area contributed by atoms with Crippen LogP contribution >= 0.6 is 0 Å². The van der Waals surface area contributed by atoms with Crippen molar-refractivity contribution in [3.05, 3.63) is 54.1 Å². The second kappa shape index (κ2) is 8.86. The van der Waals surface area contributed by atoms with Gasteiger partial charge < -0.3 is 14.4 Å². The third-order valence-corrected chi connectivity index (χ3v) is 4.92. The predicted octanol–water partition coefficient (Wildman–Crippen LogP) is 4.39. The van der Waals surface area contributed by atoms with Crippen molar-refractivity contribution >= 4 is 5.91 Å². The Bertz CT molecular complexity index is 720. The highest BCUT2D eigenvalue weighted by Crippen LogP contribution is 2.29. The standard InChI is InChI=1S/C22H27NO3/c1-3-23(16-19-8-6-7-15-26-19)22(24)18-13-11-17(12-14-18)20-9-4-5-10-21(20)25-2/h4-5,9-14,19H,3,6-8,15-16H2,1-2H3. The highest BCUT2D eigenvalue weighted by Gasteiger charge is 2.21. The van der Waals surface area contributed by atoms with Crippen molar-refractivity contribution in [3.63, 3.8) is 0 Å². The van der Waals surface area contributed by atoms with E-state index in [4.69, 9.17) is 9.47 Å². The third kappa shape index (κ3) is 4.25. The van der Waals surface area contributed by atoms with Crippen molar-refractivity contribution < 1.29 is 14.3 Å². The van der Waals surface area contributed by atoms with Crippen LogP contribution in [-0.2, 0) is 4.74 Å². The molecule has 0 aromatic heterocycles. The lowest BCUT2D eigenvalue weighted by atomic mass is 10.0. The summed E-state index contributed by atoms with van der Waals surface area (Å²) in [5, 5.41) is 0. The predicted molar refractivity (Wildman–Crippen MR) is 104 cm³/mol. The minimum absolute atomic E-state index is 0.0632. The molecular weight excluding hydrogens is 326 g/mol. The Hall–Kier alpha value is -2.33. The number of carbonyl (C=O) groups is 1. The van der Waals surface area contributed by atoms with E-state index in [1.54, 1.807) is 7.11 Å². The van der Waals surface area contributed by atoms with Crippen LogP contribution < -0.4 is 4.74 Å². The van der Waals surface area contributed by atoms with Crippen LogP contribution in [-0.4, -0.2) is 43.7 Å². The maximum absolute atomic E-state index is 12.9. The van der Waals surface area contributed by atoms with Gasteiger partial charge in [0.05, 0.1) is 13.2 Å². The number of ether oxygens (including phenoxy) is 2. The van der Waals surface area contributed by atoms with Crippen LogP contribution in [0.15, 0.2) is 48.5 Å². The molecule has 1 amide bonds. The number of methoxy groups -OCH3 is 1. The van der Waals surface area contributed by atoms with Gasteiger partial charge in [0.2, 0.25) is 0 Å². The summed E-state index contributed by atoms with van der Waals surface area (Å²) in [6.07, 6.45) is 3.52. The number of amides is 1. The number of nitrogens with zero attached hydrogens (tertiary/aromatic N) is 1. The highest BCUT2D eigenvalue weighted by atomic mass is 16.5. The van der Waals surface area contributed by atoms with E-state index in [1.807, 2.05) is 60.4 Å². The topological polar surface area (TPSA) is 38.8 Å². The smallest absolute Gasteiger partial charge is 0.253 e. The van der Waals surface area contributed by atoms with Gasteiger partial charge in [0.15, 0.2) is 0 Å². The number of likely N-dealkylation sites (N-methyl/N-ethyl adjacent to an activating group) is 1. The van der Waals surface area contributed by atoms with Crippen LogP contribution in [0.25, 0.3) is 11.1 Å². The molecular formula is C22H27NO3. The van der Waals surface area contributed by atoms with E-state index in [0.29, 0.717) is 18.7 Å². The zero-order valence-electron chi connectivity index (χ0n) is 15.6. The fraction of sp³-hybridized carbons (Fsp3) is 0.409. The number of hydrogen-bond acceptors (Lipinski definition) is 3. The molecule has 1 saturated heterocycles. The largest absolute Gasteiger partial charge is 0.496 e. The second-order valence-electron chi connectivity index (χ2n) is 6.61. The van der Waals surface area contributed by atoms with Crippen molar-refractivity contribution in [2.75, 3.05) is 26.8 Å². The Labute approximate surface area is 155 Å². The molecule has 0 radical (unpaired) electrons. The molecule has 0 bridgehead atoms. The molecule has 0 spiro atoms. The summed E-state index contributed by atoms with van der Waals surface area (Å²) >= 11 is 0. The van der Waals surface area contributed by atoms with Gasteiger partial charge >= 0.3 is 0 Å². The quantitative estimate of drug-likeness (QED) is 0.773. The lowest BCUT2D eigenvalue weighted by molar-refractivity contribution is -0.00311. The van der Waals surface area contributed by atoms with E-state index in [0.717, 1.165) is 36.3 Å². The number of rotatable bonds is 6. The summed E-state index contributed by atoms with van der Waals surface area (Å²) in [7, 11) is 1.67. The molecule has 1 aliphatic rings. The van der Waals surface area contributed by atoms with Gasteiger partial charge in [0.25, 0.3) is 5.91 Å². The molecule has 0 N–H and O–H groups in total. The minimum atomic E-state index is 0.0632. The summed E-state index contributed by atoms with van der Waals surface area (Å²) in [4.78, 5) is 14.7. The second-order valence-corrected chi connectivity index (χ2v) is 6.61. The Morgan fingerprint density at radius 1 is 1.15 bits per heavy atom. The van der Waals surface area contributed by atoms with Gasteiger partial charge in [0, 0.05) is 30.8 Å². The zero-order valence-corrected chi connectivity index (χ0v) is 15.6. The summed E-state index contributed by atoms with van der Waals surface area (Å²) in [6.45, 7) is 4.19. The molecule has 4 heteroatoms. The van der Waals surface area contributed by atoms with E-state index in [2.05, 4.69) is 0 Å². The molecule has 4 nitrogen and oxygen atoms in total. The molecule has 0 saturated carbocycles. The van der Waals surface area contributed by atoms with E-state index < -0.39 is 0 Å². The Morgan fingerprint density at radius 3 is 2.58 bits per heavy atom. The molecule has 3 rings (SSSR count). The fourth-order valence-electron chi connectivity index (χ4n) is 3.41. The van der Waals surface area contributed by atoms with Gasteiger partial charge in [-0.25, -0.2) is 0 Å². The van der Waals surface area contributed by atoms with Crippen molar-refractivity contribution in [1.29, 1.82) is 0 Å². The van der Waals surface area contributed by atoms with Gasteiger partial charge in [-0.2, -0.15) is 0 Å². The highest BCUT2D eigenvalue weighted by molar-refractivity contribution is 5.94. The Balaban J connectivity index is 1.73.